The fourth-order valence-corrected chi connectivity index (χ4v) is 6.83. The van der Waals surface area contributed by atoms with Crippen LogP contribution in [-0.4, -0.2) is 79.8 Å². The van der Waals surface area contributed by atoms with Crippen molar-refractivity contribution in [1.82, 2.24) is 59.8 Å². The number of aromatic carboxylic acids is 2. The fourth-order valence-electron chi connectivity index (χ4n) is 6.83. The van der Waals surface area contributed by atoms with Crippen molar-refractivity contribution in [3.63, 3.8) is 0 Å². The summed E-state index contributed by atoms with van der Waals surface area (Å²) in [6.45, 7) is 0.602. The van der Waals surface area contributed by atoms with Gasteiger partial charge in [-0.1, -0.05) is 84.4 Å². The van der Waals surface area contributed by atoms with Gasteiger partial charge in [-0.05, 0) is 107 Å². The van der Waals surface area contributed by atoms with E-state index in [2.05, 4.69) is 69.3 Å². The van der Waals surface area contributed by atoms with Crippen LogP contribution in [0, 0.1) is 0 Å². The first-order valence-corrected chi connectivity index (χ1v) is 23.2. The zero-order valence-electron chi connectivity index (χ0n) is 41.3. The number of para-hydroxylation sites is 4. The van der Waals surface area contributed by atoms with Crippen LogP contribution in [0.25, 0.3) is 79.3 Å². The van der Waals surface area contributed by atoms with Crippen LogP contribution >= 0.6 is 0 Å². The van der Waals surface area contributed by atoms with E-state index in [1.54, 1.807) is 24.8 Å². The van der Waals surface area contributed by atoms with E-state index in [4.69, 9.17) is 5.11 Å². The minimum atomic E-state index is -1.29. The molecule has 22 heteroatoms. The van der Waals surface area contributed by atoms with Gasteiger partial charge in [0, 0.05) is 67.3 Å². The molecule has 0 fully saturated rings. The van der Waals surface area contributed by atoms with Crippen molar-refractivity contribution in [3.8, 4) is 68.7 Å². The second-order valence-electron chi connectivity index (χ2n) is 15.6. The van der Waals surface area contributed by atoms with E-state index in [1.807, 2.05) is 121 Å². The molecule has 0 aliphatic carbocycles. The molecule has 0 bridgehead atoms. The second kappa shape index (κ2) is 30.5. The molecule has 10 heterocycles. The summed E-state index contributed by atoms with van der Waals surface area (Å²) < 4.78 is 9.35. The van der Waals surface area contributed by atoms with Gasteiger partial charge >= 0.3 is 45.2 Å². The van der Waals surface area contributed by atoms with Crippen LogP contribution in [0.4, 0.5) is 0 Å². The molecule has 0 saturated heterocycles. The average Bonchev–Trinajstić information content (AvgIpc) is 4.17. The Bertz CT molecular complexity index is 3510. The van der Waals surface area contributed by atoms with Gasteiger partial charge in [0.1, 0.15) is 11.5 Å². The molecule has 80 heavy (non-hydrogen) atoms. The molecule has 0 saturated carbocycles. The molecule has 2 radical (unpaired) electrons. The van der Waals surface area contributed by atoms with Crippen molar-refractivity contribution in [2.45, 2.75) is 0 Å². The summed E-state index contributed by atoms with van der Waals surface area (Å²) in [5.74, 6) is -0.536. The minimum Gasteiger partial charge on any atom is -0.545 e. The quantitative estimate of drug-likeness (QED) is 0.0945. The maximum Gasteiger partial charge on any atom is 1.00 e. The summed E-state index contributed by atoms with van der Waals surface area (Å²) in [7, 11) is 0. The van der Waals surface area contributed by atoms with E-state index in [1.165, 1.54) is 73.3 Å². The predicted octanol–water partition coefficient (Wildman–Crippen LogP) is 8.07. The number of fused-ring (bicyclic) bond motifs is 2. The van der Waals surface area contributed by atoms with Gasteiger partial charge in [-0.2, -0.15) is 0 Å². The molecule has 12 aromatic rings. The molecule has 20 nitrogen and oxygen atoms in total. The topological polar surface area (TPSA) is 287 Å². The number of nitrogens with zero attached hydrogens (tertiary/aromatic N) is 12. The molecular formula is C58H39N12O8OsRu-. The third-order valence-electron chi connectivity index (χ3n) is 10.4. The zero-order valence-corrected chi connectivity index (χ0v) is 45.6. The summed E-state index contributed by atoms with van der Waals surface area (Å²) in [6, 6.07) is 50.2. The number of imidazole rings is 2. The van der Waals surface area contributed by atoms with Crippen LogP contribution < -0.4 is 24.5 Å². The summed E-state index contributed by atoms with van der Waals surface area (Å²) >= 11 is 0. The van der Waals surface area contributed by atoms with E-state index >= 15 is 0 Å². The van der Waals surface area contributed by atoms with Gasteiger partial charge < -0.3 is 44.4 Å². The SMILES string of the molecule is O=COc1ccnc(-c2cc(C(=O)O)ccn2)c1.O=COc1ccnc(-c2cc(C(=O)[O-])ccn2)c1.[Os+].[Ru+].c1ccc(-c2ccccn2)nc1.c1ccc(-c2ccccn2)nc1.c1ccc2[n-]c(-c3nc4ccccc4[n-]3)nc2c1. The number of carbonyl (C=O) groups is 4. The summed E-state index contributed by atoms with van der Waals surface area (Å²) in [6.07, 6.45) is 12.7. The number of hydrogen-bond donors (Lipinski definition) is 1. The van der Waals surface area contributed by atoms with Crippen molar-refractivity contribution >= 4 is 46.9 Å². The number of rotatable bonds is 11. The van der Waals surface area contributed by atoms with Crippen molar-refractivity contribution < 1.29 is 78.1 Å². The van der Waals surface area contributed by atoms with Crippen LogP contribution in [0.2, 0.25) is 0 Å². The van der Waals surface area contributed by atoms with Gasteiger partial charge in [-0.3, -0.25) is 49.5 Å². The number of carbonyl (C=O) groups excluding carboxylic acids is 3. The first-order chi connectivity index (χ1) is 38.2. The second-order valence-corrected chi connectivity index (χ2v) is 15.6. The number of ether oxygens (including phenoxy) is 2. The van der Waals surface area contributed by atoms with Crippen molar-refractivity contribution in [3.05, 3.63) is 231 Å². The Kier molecular flexibility index (Phi) is 22.5. The van der Waals surface area contributed by atoms with Crippen molar-refractivity contribution in [2.75, 3.05) is 0 Å². The van der Waals surface area contributed by atoms with E-state index in [-0.39, 0.29) is 50.4 Å². The number of carboxylic acids is 2. The first-order valence-electron chi connectivity index (χ1n) is 23.2. The predicted molar refractivity (Wildman–Crippen MR) is 284 cm³/mol. The van der Waals surface area contributed by atoms with Gasteiger partial charge in [-0.25, -0.2) is 4.79 Å². The number of carboxylic acid groups (broad SMARTS) is 2. The van der Waals surface area contributed by atoms with E-state index in [9.17, 15) is 24.3 Å². The van der Waals surface area contributed by atoms with E-state index < -0.39 is 11.9 Å². The van der Waals surface area contributed by atoms with E-state index in [0.29, 0.717) is 58.9 Å². The Labute approximate surface area is 481 Å². The Hall–Kier alpha value is -10.3. The monoisotopic (exact) mass is 1330 g/mol. The van der Waals surface area contributed by atoms with Crippen LogP contribution in [0.1, 0.15) is 20.7 Å². The van der Waals surface area contributed by atoms with Gasteiger partial charge in [0.15, 0.2) is 0 Å². The minimum absolute atomic E-state index is 0. The normalized spacial score (nSPS) is 9.85. The molecule has 0 aliphatic heterocycles. The molecule has 0 spiro atoms. The number of pyridine rings is 8. The summed E-state index contributed by atoms with van der Waals surface area (Å²) in [5, 5.41) is 19.6. The summed E-state index contributed by atoms with van der Waals surface area (Å²) in [4.78, 5) is 92.6. The largest absolute Gasteiger partial charge is 1.00 e. The maximum absolute atomic E-state index is 10.8. The maximum atomic E-state index is 10.8. The zero-order chi connectivity index (χ0) is 54.3. The van der Waals surface area contributed by atoms with Crippen molar-refractivity contribution in [1.29, 1.82) is 0 Å². The van der Waals surface area contributed by atoms with Crippen LogP contribution in [0.15, 0.2) is 219 Å². The van der Waals surface area contributed by atoms with Gasteiger partial charge in [0.2, 0.25) is 0 Å². The Balaban J connectivity index is 0.000000162. The van der Waals surface area contributed by atoms with Gasteiger partial charge in [0.05, 0.1) is 57.1 Å². The Morgan fingerprint density at radius 2 is 0.738 bits per heavy atom. The molecular weight excluding hydrogens is 1280 g/mol. The fraction of sp³-hybridized carbons (Fsp3) is 0. The van der Waals surface area contributed by atoms with Crippen molar-refractivity contribution in [2.24, 2.45) is 0 Å². The van der Waals surface area contributed by atoms with E-state index in [0.717, 1.165) is 44.8 Å². The first kappa shape index (κ1) is 59.0. The van der Waals surface area contributed by atoms with Crippen LogP contribution in [-0.2, 0) is 48.9 Å². The Morgan fingerprint density at radius 1 is 0.412 bits per heavy atom. The van der Waals surface area contributed by atoms with Crippen LogP contribution in [0.3, 0.4) is 0 Å². The van der Waals surface area contributed by atoms with Crippen LogP contribution in [0.5, 0.6) is 11.5 Å². The molecule has 0 atom stereocenters. The number of hydrogen-bond acceptors (Lipinski definition) is 17. The van der Waals surface area contributed by atoms with Gasteiger partial charge in [0.25, 0.3) is 12.9 Å². The number of aromatic nitrogens is 12. The molecule has 0 amide bonds. The standard InChI is InChI=1S/C14H8N4.2C12H8N2O4.2C10H8N2.Os.Ru/c1-2-6-10-9(5-1)15-13(16-10)14-17-11-7-3-4-8-12(11)18-14;2*15-7-18-9-2-4-14-11(6-9)10-5-8(12(16)17)1-3-13-10;2*1-3-7-11-9(5-1)10-6-2-4-8-12-10;;/h1-8H;2*1-7H,(H,16,17);2*1-8H;;/q-2;;;;;2*+1/p-1. The summed E-state index contributed by atoms with van der Waals surface area (Å²) in [5.41, 5.74) is 8.86. The Morgan fingerprint density at radius 3 is 1.07 bits per heavy atom. The molecule has 1 N–H and O–H groups in total. The smallest absolute Gasteiger partial charge is 0.545 e. The molecule has 12 rings (SSSR count). The third kappa shape index (κ3) is 16.9. The number of benzene rings is 2. The molecule has 0 unspecified atom stereocenters. The average molecular weight is 1320 g/mol. The molecule has 0 aliphatic rings. The molecule has 10 aromatic heterocycles. The molecule has 2 aromatic carbocycles. The third-order valence-corrected chi connectivity index (χ3v) is 10.4. The van der Waals surface area contributed by atoms with Gasteiger partial charge in [-0.15, -0.1) is 0 Å². The molecule has 396 valence electrons.